The number of imidazole rings is 1. The molecule has 4 nitrogen and oxygen atoms in total. The molecule has 0 aliphatic carbocycles. The normalized spacial score (nSPS) is 13.5. The van der Waals surface area contributed by atoms with Gasteiger partial charge in [0.2, 0.25) is 0 Å². The van der Waals surface area contributed by atoms with Gasteiger partial charge in [0.25, 0.3) is 0 Å². The minimum absolute atomic E-state index is 0.0219. The first-order chi connectivity index (χ1) is 31.2. The van der Waals surface area contributed by atoms with Crippen molar-refractivity contribution in [1.29, 1.82) is 0 Å². The van der Waals surface area contributed by atoms with Gasteiger partial charge in [0.15, 0.2) is 0 Å². The Bertz CT molecular complexity index is 3150. The zero-order valence-electron chi connectivity index (χ0n) is 43.0. The maximum atomic E-state index is 12.5. The number of nitrogens with zero attached hydrogens (tertiary/aromatic N) is 3. The molecule has 0 unspecified atom stereocenters. The smallest absolute Gasteiger partial charge is 0.149 e. The Hall–Kier alpha value is -6.26. The molecule has 0 radical (unpaired) electrons. The topological polar surface area (TPSA) is 50.9 Å². The minimum Gasteiger partial charge on any atom is -0.507 e. The summed E-state index contributed by atoms with van der Waals surface area (Å²) in [6.45, 7) is 25.6. The van der Waals surface area contributed by atoms with Crippen LogP contribution >= 0.6 is 0 Å². The van der Waals surface area contributed by atoms with E-state index >= 15 is 0 Å². The summed E-state index contributed by atoms with van der Waals surface area (Å²) in [5.74, 6) is 0.588. The summed E-state index contributed by atoms with van der Waals surface area (Å²) in [5.41, 5.74) is 14.7. The van der Waals surface area contributed by atoms with Crippen molar-refractivity contribution in [1.82, 2.24) is 14.5 Å². The standard InChI is InChI=1S/C60H65N3O/c1-37-18-20-39(21-19-37)42-28-29-61-51(34-42)44-31-43(32-46(33-44)58(6,7)8)48-16-15-17-53-54(48)62-56(49-35-47(59(9,10)11)36-50(55(49)64)60(12,13)14)63(53)52-27-24-41(30-38(52)2)40-22-25-45(26-23-40)57(3,4)5/h15-36,64H,1-14H3/i2D3. The van der Waals surface area contributed by atoms with E-state index in [0.29, 0.717) is 22.6 Å². The predicted molar refractivity (Wildman–Crippen MR) is 272 cm³/mol. The molecule has 0 aliphatic heterocycles. The fraction of sp³-hybridized carbons (Fsp3) is 0.300. The summed E-state index contributed by atoms with van der Waals surface area (Å²) < 4.78 is 29.1. The zero-order valence-corrected chi connectivity index (χ0v) is 40.0. The highest BCUT2D eigenvalue weighted by molar-refractivity contribution is 5.97. The van der Waals surface area contributed by atoms with Crippen LogP contribution in [0.4, 0.5) is 0 Å². The molecule has 0 amide bonds. The molecule has 0 saturated heterocycles. The number of hydrogen-bond donors (Lipinski definition) is 1. The van der Waals surface area contributed by atoms with Crippen LogP contribution in [-0.2, 0) is 21.7 Å². The summed E-state index contributed by atoms with van der Waals surface area (Å²) in [5, 5.41) is 12.5. The Morgan fingerprint density at radius 2 is 1.11 bits per heavy atom. The van der Waals surface area contributed by atoms with Crippen molar-refractivity contribution < 1.29 is 9.22 Å². The molecule has 2 heterocycles. The minimum atomic E-state index is -2.50. The van der Waals surface area contributed by atoms with Gasteiger partial charge < -0.3 is 5.11 Å². The number of benzene rings is 6. The van der Waals surface area contributed by atoms with Crippen LogP contribution in [0.3, 0.4) is 0 Å². The van der Waals surface area contributed by atoms with Gasteiger partial charge in [-0.25, -0.2) is 4.98 Å². The Balaban J connectivity index is 1.43. The lowest BCUT2D eigenvalue weighted by atomic mass is 9.79. The first-order valence-corrected chi connectivity index (χ1v) is 22.5. The summed E-state index contributed by atoms with van der Waals surface area (Å²) in [7, 11) is 0. The highest BCUT2D eigenvalue weighted by Crippen LogP contribution is 2.45. The zero-order chi connectivity index (χ0) is 48.6. The summed E-state index contributed by atoms with van der Waals surface area (Å²) in [4.78, 5) is 10.4. The molecule has 0 bridgehead atoms. The fourth-order valence-electron chi connectivity index (χ4n) is 8.52. The van der Waals surface area contributed by atoms with Crippen LogP contribution in [0.15, 0.2) is 134 Å². The number of aromatic nitrogens is 3. The lowest BCUT2D eigenvalue weighted by Gasteiger charge is -2.27. The first kappa shape index (κ1) is 40.5. The van der Waals surface area contributed by atoms with E-state index in [2.05, 4.69) is 181 Å². The molecule has 0 atom stereocenters. The van der Waals surface area contributed by atoms with Gasteiger partial charge in [0.1, 0.15) is 11.6 Å². The van der Waals surface area contributed by atoms with Gasteiger partial charge in [0.05, 0.1) is 28.0 Å². The van der Waals surface area contributed by atoms with Crippen LogP contribution in [0.25, 0.3) is 72.7 Å². The fourth-order valence-corrected chi connectivity index (χ4v) is 8.52. The third kappa shape index (κ3) is 8.68. The third-order valence-corrected chi connectivity index (χ3v) is 12.6. The molecule has 2 aromatic heterocycles. The number of phenolic OH excluding ortho intramolecular Hbond substituents is 1. The van der Waals surface area contributed by atoms with E-state index in [1.54, 1.807) is 6.07 Å². The largest absolute Gasteiger partial charge is 0.507 e. The Morgan fingerprint density at radius 1 is 0.516 bits per heavy atom. The molecule has 0 saturated carbocycles. The quantitative estimate of drug-likeness (QED) is 0.181. The number of hydrogen-bond acceptors (Lipinski definition) is 3. The second-order valence-electron chi connectivity index (χ2n) is 21.8. The van der Waals surface area contributed by atoms with Crippen LogP contribution in [0.5, 0.6) is 5.75 Å². The van der Waals surface area contributed by atoms with E-state index in [1.807, 2.05) is 41.1 Å². The molecule has 64 heavy (non-hydrogen) atoms. The second kappa shape index (κ2) is 16.1. The SMILES string of the molecule is [2H]C([2H])([2H])c1cc(-c2ccc(C(C)(C)C)cc2)ccc1-n1c(-c2cc(C(C)(C)C)cc(C(C)(C)C)c2O)nc2c(-c3cc(-c4cc(-c5ccc(C)cc5)ccn4)cc(C(C)(C)C)c3)cccc21. The molecule has 0 fully saturated rings. The van der Waals surface area contributed by atoms with Crippen molar-refractivity contribution >= 4 is 11.0 Å². The number of pyridine rings is 1. The molecule has 326 valence electrons. The van der Waals surface area contributed by atoms with Gasteiger partial charge in [-0.15, -0.1) is 0 Å². The van der Waals surface area contributed by atoms with E-state index in [4.69, 9.17) is 14.1 Å². The predicted octanol–water partition coefficient (Wildman–Crippen LogP) is 16.3. The third-order valence-electron chi connectivity index (χ3n) is 12.6. The van der Waals surface area contributed by atoms with Gasteiger partial charge >= 0.3 is 0 Å². The van der Waals surface area contributed by atoms with Crippen LogP contribution in [-0.4, -0.2) is 19.6 Å². The van der Waals surface area contributed by atoms with Crippen LogP contribution in [0, 0.1) is 13.8 Å². The molecule has 0 aliphatic rings. The molecular formula is C60H65N3O. The van der Waals surface area contributed by atoms with Gasteiger partial charge in [-0.1, -0.05) is 168 Å². The van der Waals surface area contributed by atoms with Crippen molar-refractivity contribution in [3.05, 3.63) is 167 Å². The first-order valence-electron chi connectivity index (χ1n) is 24.0. The molecular weight excluding hydrogens is 779 g/mol. The monoisotopic (exact) mass is 847 g/mol. The van der Waals surface area contributed by atoms with Crippen molar-refractivity contribution in [3.8, 4) is 67.5 Å². The average Bonchev–Trinajstić information content (AvgIpc) is 3.64. The number of rotatable bonds is 6. The Kier molecular flexibility index (Phi) is 10.2. The van der Waals surface area contributed by atoms with E-state index in [0.717, 1.165) is 66.8 Å². The average molecular weight is 847 g/mol. The Labute approximate surface area is 386 Å². The van der Waals surface area contributed by atoms with Crippen LogP contribution < -0.4 is 0 Å². The number of fused-ring (bicyclic) bond motifs is 1. The Morgan fingerprint density at radius 3 is 1.73 bits per heavy atom. The van der Waals surface area contributed by atoms with Crippen LogP contribution in [0.1, 0.15) is 121 Å². The van der Waals surface area contributed by atoms with Crippen molar-refractivity contribution in [2.75, 3.05) is 0 Å². The highest BCUT2D eigenvalue weighted by Gasteiger charge is 2.29. The summed E-state index contributed by atoms with van der Waals surface area (Å²) in [6, 6.07) is 43.8. The number of aryl methyl sites for hydroxylation is 2. The van der Waals surface area contributed by atoms with Gasteiger partial charge in [-0.05, 0) is 134 Å². The second-order valence-corrected chi connectivity index (χ2v) is 21.8. The molecule has 0 spiro atoms. The van der Waals surface area contributed by atoms with E-state index in [-0.39, 0.29) is 27.6 Å². The molecule has 8 aromatic rings. The van der Waals surface area contributed by atoms with Crippen molar-refractivity contribution in [2.24, 2.45) is 0 Å². The maximum Gasteiger partial charge on any atom is 0.149 e. The molecule has 1 N–H and O–H groups in total. The summed E-state index contributed by atoms with van der Waals surface area (Å²) >= 11 is 0. The lowest BCUT2D eigenvalue weighted by molar-refractivity contribution is 0.446. The maximum absolute atomic E-state index is 12.5. The van der Waals surface area contributed by atoms with Gasteiger partial charge in [-0.3, -0.25) is 9.55 Å². The van der Waals surface area contributed by atoms with Crippen molar-refractivity contribution in [3.63, 3.8) is 0 Å². The van der Waals surface area contributed by atoms with Gasteiger partial charge in [-0.2, -0.15) is 0 Å². The number of phenols is 1. The van der Waals surface area contributed by atoms with Crippen LogP contribution in [0.2, 0.25) is 0 Å². The molecule has 8 rings (SSSR count). The van der Waals surface area contributed by atoms with E-state index in [9.17, 15) is 5.11 Å². The molecule has 6 aromatic carbocycles. The van der Waals surface area contributed by atoms with E-state index in [1.165, 1.54) is 11.1 Å². The number of para-hydroxylation sites is 1. The highest BCUT2D eigenvalue weighted by atomic mass is 16.3. The summed E-state index contributed by atoms with van der Waals surface area (Å²) in [6.07, 6.45) is 1.88. The van der Waals surface area contributed by atoms with Crippen molar-refractivity contribution in [2.45, 2.75) is 119 Å². The van der Waals surface area contributed by atoms with E-state index < -0.39 is 12.3 Å². The number of aromatic hydroxyl groups is 1. The molecule has 4 heteroatoms. The lowest BCUT2D eigenvalue weighted by Crippen LogP contribution is -2.17. The van der Waals surface area contributed by atoms with Gasteiger partial charge in [0, 0.05) is 27.0 Å².